The highest BCUT2D eigenvalue weighted by molar-refractivity contribution is 5.15. The molecule has 1 aromatic carbocycles. The molecule has 0 atom stereocenters. The first-order valence-electron chi connectivity index (χ1n) is 7.33. The Morgan fingerprint density at radius 2 is 1.71 bits per heavy atom. The van der Waals surface area contributed by atoms with Crippen molar-refractivity contribution in [3.63, 3.8) is 0 Å². The van der Waals surface area contributed by atoms with Gasteiger partial charge in [0.1, 0.15) is 0 Å². The third-order valence-corrected chi connectivity index (χ3v) is 3.07. The normalized spacial score (nSPS) is 11.6. The molecular formula is C18H24N2O. The molecular weight excluding hydrogens is 260 g/mol. The summed E-state index contributed by atoms with van der Waals surface area (Å²) in [5.41, 5.74) is 3.46. The van der Waals surface area contributed by atoms with Gasteiger partial charge in [0.2, 0.25) is 0 Å². The van der Waals surface area contributed by atoms with Crippen LogP contribution in [0.25, 0.3) is 0 Å². The Morgan fingerprint density at radius 3 is 2.33 bits per heavy atom. The maximum absolute atomic E-state index is 5.68. The van der Waals surface area contributed by atoms with Gasteiger partial charge in [-0.3, -0.25) is 4.98 Å². The first-order valence-corrected chi connectivity index (χ1v) is 7.33. The summed E-state index contributed by atoms with van der Waals surface area (Å²) in [5.74, 6) is 0. The lowest BCUT2D eigenvalue weighted by molar-refractivity contribution is 0.104. The van der Waals surface area contributed by atoms with Gasteiger partial charge in [0, 0.05) is 18.3 Å². The van der Waals surface area contributed by atoms with Crippen molar-refractivity contribution in [2.75, 3.05) is 0 Å². The second kappa shape index (κ2) is 7.34. The van der Waals surface area contributed by atoms with Crippen LogP contribution in [0.1, 0.15) is 37.6 Å². The fraction of sp³-hybridized carbons (Fsp3) is 0.389. The highest BCUT2D eigenvalue weighted by Gasteiger charge is 2.08. The van der Waals surface area contributed by atoms with Crippen LogP contribution in [0.15, 0.2) is 48.7 Å². The van der Waals surface area contributed by atoms with Crippen LogP contribution < -0.4 is 5.32 Å². The van der Waals surface area contributed by atoms with Gasteiger partial charge in [0.15, 0.2) is 0 Å². The Bertz CT molecular complexity index is 529. The minimum Gasteiger partial charge on any atom is -0.370 e. The molecule has 0 aliphatic rings. The summed E-state index contributed by atoms with van der Waals surface area (Å²) in [6.07, 6.45) is 1.92. The van der Waals surface area contributed by atoms with Crippen LogP contribution in [0.4, 0.5) is 0 Å². The van der Waals surface area contributed by atoms with E-state index in [0.717, 1.165) is 12.2 Å². The van der Waals surface area contributed by atoms with Crippen molar-refractivity contribution in [1.29, 1.82) is 0 Å². The average molecular weight is 284 g/mol. The molecule has 0 aliphatic heterocycles. The van der Waals surface area contributed by atoms with Crippen LogP contribution in [-0.2, 0) is 24.5 Å². The molecule has 0 saturated carbocycles. The van der Waals surface area contributed by atoms with Crippen molar-refractivity contribution < 1.29 is 4.74 Å². The van der Waals surface area contributed by atoms with Crippen molar-refractivity contribution in [3.05, 3.63) is 65.5 Å². The number of aromatic nitrogens is 1. The van der Waals surface area contributed by atoms with E-state index in [9.17, 15) is 0 Å². The number of ether oxygens (including phenoxy) is 1. The van der Waals surface area contributed by atoms with Crippen LogP contribution in [0.3, 0.4) is 0 Å². The van der Waals surface area contributed by atoms with Gasteiger partial charge in [-0.1, -0.05) is 36.4 Å². The summed E-state index contributed by atoms with van der Waals surface area (Å²) in [6.45, 7) is 8.48. The lowest BCUT2D eigenvalue weighted by atomic mass is 10.1. The molecule has 0 aliphatic carbocycles. The molecule has 112 valence electrons. The van der Waals surface area contributed by atoms with Gasteiger partial charge in [-0.05, 0) is 38.0 Å². The topological polar surface area (TPSA) is 34.1 Å². The molecule has 1 N–H and O–H groups in total. The van der Waals surface area contributed by atoms with E-state index >= 15 is 0 Å². The van der Waals surface area contributed by atoms with E-state index in [2.05, 4.69) is 49.3 Å². The molecule has 21 heavy (non-hydrogen) atoms. The second-order valence-electron chi connectivity index (χ2n) is 6.24. The summed E-state index contributed by atoms with van der Waals surface area (Å²) in [4.78, 5) is 4.45. The largest absolute Gasteiger partial charge is 0.370 e. The van der Waals surface area contributed by atoms with E-state index in [1.807, 2.05) is 30.5 Å². The summed E-state index contributed by atoms with van der Waals surface area (Å²) in [7, 11) is 0. The highest BCUT2D eigenvalue weighted by Crippen LogP contribution is 2.07. The molecule has 3 heteroatoms. The molecule has 0 unspecified atom stereocenters. The van der Waals surface area contributed by atoms with Gasteiger partial charge < -0.3 is 10.1 Å². The van der Waals surface area contributed by atoms with E-state index in [-0.39, 0.29) is 5.54 Å². The average Bonchev–Trinajstić information content (AvgIpc) is 2.47. The van der Waals surface area contributed by atoms with E-state index in [4.69, 9.17) is 4.74 Å². The summed E-state index contributed by atoms with van der Waals surface area (Å²) in [5, 5.41) is 3.45. The first kappa shape index (κ1) is 15.7. The van der Waals surface area contributed by atoms with E-state index in [1.165, 1.54) is 11.1 Å². The molecule has 0 radical (unpaired) electrons. The predicted molar refractivity (Wildman–Crippen MR) is 85.8 cm³/mol. The number of hydrogen-bond donors (Lipinski definition) is 1. The lowest BCUT2D eigenvalue weighted by Gasteiger charge is -2.20. The molecule has 3 nitrogen and oxygen atoms in total. The number of hydrogen-bond acceptors (Lipinski definition) is 3. The van der Waals surface area contributed by atoms with Crippen LogP contribution in [-0.4, -0.2) is 10.5 Å². The third kappa shape index (κ3) is 6.06. The van der Waals surface area contributed by atoms with E-state index in [1.54, 1.807) is 0 Å². The van der Waals surface area contributed by atoms with Crippen LogP contribution in [0, 0.1) is 0 Å². The Labute approximate surface area is 127 Å². The molecule has 2 rings (SSSR count). The van der Waals surface area contributed by atoms with Gasteiger partial charge in [-0.25, -0.2) is 0 Å². The predicted octanol–water partition coefficient (Wildman–Crippen LogP) is 3.69. The molecule has 0 bridgehead atoms. The summed E-state index contributed by atoms with van der Waals surface area (Å²) >= 11 is 0. The first-order chi connectivity index (χ1) is 10.0. The summed E-state index contributed by atoms with van der Waals surface area (Å²) < 4.78 is 5.68. The van der Waals surface area contributed by atoms with Crippen LogP contribution in [0.5, 0.6) is 0 Å². The van der Waals surface area contributed by atoms with Gasteiger partial charge in [-0.2, -0.15) is 0 Å². The molecule has 0 amide bonds. The van der Waals surface area contributed by atoms with Gasteiger partial charge in [-0.15, -0.1) is 0 Å². The van der Waals surface area contributed by atoms with Gasteiger partial charge in [0.25, 0.3) is 0 Å². The maximum Gasteiger partial charge on any atom is 0.0892 e. The number of pyridine rings is 1. The van der Waals surface area contributed by atoms with Crippen molar-refractivity contribution in [1.82, 2.24) is 10.3 Å². The van der Waals surface area contributed by atoms with Crippen molar-refractivity contribution in [2.24, 2.45) is 0 Å². The summed E-state index contributed by atoms with van der Waals surface area (Å²) in [6, 6.07) is 14.3. The van der Waals surface area contributed by atoms with E-state index in [0.29, 0.717) is 13.2 Å². The number of rotatable bonds is 6. The fourth-order valence-corrected chi connectivity index (χ4v) is 1.86. The minimum atomic E-state index is 0.122. The number of benzene rings is 1. The standard InChI is InChI=1S/C18H24N2O/c1-18(2,3)20-12-16-9-10-17(19-11-16)14-21-13-15-7-5-4-6-8-15/h4-11,20H,12-14H2,1-3H3. The zero-order chi connectivity index (χ0) is 15.1. The highest BCUT2D eigenvalue weighted by atomic mass is 16.5. The maximum atomic E-state index is 5.68. The molecule has 2 aromatic rings. The van der Waals surface area contributed by atoms with Crippen molar-refractivity contribution in [3.8, 4) is 0 Å². The van der Waals surface area contributed by atoms with E-state index < -0.39 is 0 Å². The molecule has 0 saturated heterocycles. The quantitative estimate of drug-likeness (QED) is 0.878. The molecule has 0 fully saturated rings. The van der Waals surface area contributed by atoms with Gasteiger partial charge in [0.05, 0.1) is 18.9 Å². The zero-order valence-corrected chi connectivity index (χ0v) is 13.1. The Hall–Kier alpha value is -1.71. The minimum absolute atomic E-state index is 0.122. The molecule has 0 spiro atoms. The SMILES string of the molecule is CC(C)(C)NCc1ccc(COCc2ccccc2)nc1. The third-order valence-electron chi connectivity index (χ3n) is 3.07. The Kier molecular flexibility index (Phi) is 5.48. The van der Waals surface area contributed by atoms with Crippen LogP contribution in [0.2, 0.25) is 0 Å². The molecule has 1 aromatic heterocycles. The zero-order valence-electron chi connectivity index (χ0n) is 13.1. The Morgan fingerprint density at radius 1 is 0.952 bits per heavy atom. The molecule has 1 heterocycles. The monoisotopic (exact) mass is 284 g/mol. The number of nitrogens with one attached hydrogen (secondary N) is 1. The fourth-order valence-electron chi connectivity index (χ4n) is 1.86. The smallest absolute Gasteiger partial charge is 0.0892 e. The lowest BCUT2D eigenvalue weighted by Crippen LogP contribution is -2.35. The van der Waals surface area contributed by atoms with Crippen molar-refractivity contribution >= 4 is 0 Å². The number of nitrogens with zero attached hydrogens (tertiary/aromatic N) is 1. The van der Waals surface area contributed by atoms with Gasteiger partial charge >= 0.3 is 0 Å². The second-order valence-corrected chi connectivity index (χ2v) is 6.24. The van der Waals surface area contributed by atoms with Crippen LogP contribution >= 0.6 is 0 Å². The Balaban J connectivity index is 1.77. The van der Waals surface area contributed by atoms with Crippen molar-refractivity contribution in [2.45, 2.75) is 46.1 Å².